The van der Waals surface area contributed by atoms with E-state index in [0.717, 1.165) is 18.5 Å². The molecule has 2 fully saturated rings. The summed E-state index contributed by atoms with van der Waals surface area (Å²) in [5, 5.41) is 9.14. The highest BCUT2D eigenvalue weighted by atomic mass is 35.5. The third-order valence-electron chi connectivity index (χ3n) is 5.31. The summed E-state index contributed by atoms with van der Waals surface area (Å²) >= 11 is 6.26. The van der Waals surface area contributed by atoms with Gasteiger partial charge in [0.15, 0.2) is 15.5 Å². The van der Waals surface area contributed by atoms with Gasteiger partial charge in [0, 0.05) is 24.7 Å². The number of anilines is 1. The van der Waals surface area contributed by atoms with Gasteiger partial charge in [-0.05, 0) is 57.9 Å². The van der Waals surface area contributed by atoms with Crippen LogP contribution in [0, 0.1) is 0 Å². The van der Waals surface area contributed by atoms with Gasteiger partial charge in [-0.15, -0.1) is 0 Å². The Kier molecular flexibility index (Phi) is 5.70. The zero-order valence-electron chi connectivity index (χ0n) is 18.0. The van der Waals surface area contributed by atoms with E-state index in [9.17, 15) is 18.0 Å². The van der Waals surface area contributed by atoms with Crippen LogP contribution < -0.4 is 5.32 Å². The van der Waals surface area contributed by atoms with Gasteiger partial charge < -0.3 is 15.0 Å². The number of H-pyrrole nitrogens is 1. The summed E-state index contributed by atoms with van der Waals surface area (Å²) in [6.07, 6.45) is 1.52. The Balaban J connectivity index is 1.37. The monoisotopic (exact) mass is 480 g/mol. The highest BCUT2D eigenvalue weighted by Gasteiger charge is 2.42. The molecule has 1 saturated heterocycles. The number of hydrogen-bond donors (Lipinski definition) is 2. The summed E-state index contributed by atoms with van der Waals surface area (Å²) < 4.78 is 30.9. The molecule has 0 unspecified atom stereocenters. The van der Waals surface area contributed by atoms with Gasteiger partial charge in [-0.25, -0.2) is 13.2 Å². The quantitative estimate of drug-likeness (QED) is 0.674. The summed E-state index contributed by atoms with van der Waals surface area (Å²) in [6, 6.07) is 5.89. The Morgan fingerprint density at radius 2 is 1.81 bits per heavy atom. The van der Waals surface area contributed by atoms with Crippen molar-refractivity contribution in [2.75, 3.05) is 18.4 Å². The van der Waals surface area contributed by atoms with Gasteiger partial charge >= 0.3 is 6.09 Å². The third-order valence-corrected chi connectivity index (χ3v) is 7.80. The maximum absolute atomic E-state index is 12.8. The van der Waals surface area contributed by atoms with Crippen LogP contribution in [-0.4, -0.2) is 59.5 Å². The normalized spacial score (nSPS) is 17.1. The minimum absolute atomic E-state index is 0.0801. The number of likely N-dealkylation sites (tertiary alicyclic amines) is 1. The second-order valence-corrected chi connectivity index (χ2v) is 11.7. The number of nitrogens with zero attached hydrogens (tertiary/aromatic N) is 2. The fourth-order valence-electron chi connectivity index (χ4n) is 3.36. The number of halogens is 1. The predicted octanol–water partition coefficient (Wildman–Crippen LogP) is 3.59. The molecule has 172 valence electrons. The number of hydrogen-bond acceptors (Lipinski definition) is 6. The Bertz CT molecular complexity index is 1140. The number of benzene rings is 1. The lowest BCUT2D eigenvalue weighted by molar-refractivity contribution is 0.0139. The number of aromatic amines is 1. The van der Waals surface area contributed by atoms with E-state index in [0.29, 0.717) is 16.6 Å². The van der Waals surface area contributed by atoms with Crippen LogP contribution in [0.1, 0.15) is 55.7 Å². The topological polar surface area (TPSA) is 121 Å². The van der Waals surface area contributed by atoms with Crippen molar-refractivity contribution in [3.8, 4) is 0 Å². The van der Waals surface area contributed by atoms with Crippen LogP contribution in [-0.2, 0) is 14.6 Å². The second-order valence-electron chi connectivity index (χ2n) is 9.10. The molecule has 2 amide bonds. The number of sulfone groups is 1. The average molecular weight is 481 g/mol. The molecular formula is C21H25ClN4O5S. The average Bonchev–Trinajstić information content (AvgIpc) is 3.41. The summed E-state index contributed by atoms with van der Waals surface area (Å²) in [4.78, 5) is 26.0. The van der Waals surface area contributed by atoms with Gasteiger partial charge in [0.25, 0.3) is 5.91 Å². The van der Waals surface area contributed by atoms with E-state index in [4.69, 9.17) is 16.3 Å². The molecule has 9 nitrogen and oxygen atoms in total. The van der Waals surface area contributed by atoms with E-state index in [1.165, 1.54) is 29.2 Å². The van der Waals surface area contributed by atoms with Crippen molar-refractivity contribution in [2.45, 2.75) is 55.3 Å². The Hall–Kier alpha value is -2.59. The number of carbonyl (C=O) groups excluding carboxylic acids is 2. The van der Waals surface area contributed by atoms with Crippen LogP contribution in [0.2, 0.25) is 5.02 Å². The van der Waals surface area contributed by atoms with Crippen molar-refractivity contribution in [3.05, 3.63) is 40.7 Å². The smallest absolute Gasteiger partial charge is 0.410 e. The predicted molar refractivity (Wildman–Crippen MR) is 119 cm³/mol. The van der Waals surface area contributed by atoms with Crippen LogP contribution in [0.3, 0.4) is 0 Å². The summed E-state index contributed by atoms with van der Waals surface area (Å²) in [7, 11) is -3.62. The van der Waals surface area contributed by atoms with E-state index in [-0.39, 0.29) is 23.7 Å². The molecule has 0 radical (unpaired) electrons. The van der Waals surface area contributed by atoms with Crippen molar-refractivity contribution in [2.24, 2.45) is 0 Å². The summed E-state index contributed by atoms with van der Waals surface area (Å²) in [6.45, 7) is 5.43. The maximum Gasteiger partial charge on any atom is 0.410 e. The molecule has 4 rings (SSSR count). The van der Waals surface area contributed by atoms with Crippen molar-refractivity contribution >= 4 is 39.1 Å². The third kappa shape index (κ3) is 4.61. The van der Waals surface area contributed by atoms with Crippen LogP contribution >= 0.6 is 11.6 Å². The minimum Gasteiger partial charge on any atom is -0.444 e. The van der Waals surface area contributed by atoms with Gasteiger partial charge in [-0.3, -0.25) is 9.89 Å². The second kappa shape index (κ2) is 8.08. The minimum atomic E-state index is -3.62. The Morgan fingerprint density at radius 1 is 1.19 bits per heavy atom. The molecule has 2 aromatic rings. The zero-order chi connectivity index (χ0) is 23.3. The molecule has 2 N–H and O–H groups in total. The standard InChI is InChI=1S/C21H25ClN4O5S/c1-21(2,3)31-20(28)26-10-15(11-26)32(29,30)14-8-6-13(7-9-14)23-19(27)18-16(22)17(24-25-18)12-4-5-12/h6-9,12,15H,4-5,10-11H2,1-3H3,(H,23,27)(H,24,25). The molecule has 2 heterocycles. The molecular weight excluding hydrogens is 456 g/mol. The highest BCUT2D eigenvalue weighted by molar-refractivity contribution is 7.92. The number of amides is 2. The molecule has 1 aliphatic heterocycles. The number of rotatable bonds is 5. The highest BCUT2D eigenvalue weighted by Crippen LogP contribution is 2.42. The largest absolute Gasteiger partial charge is 0.444 e. The molecule has 1 aliphatic carbocycles. The SMILES string of the molecule is CC(C)(C)OC(=O)N1CC(S(=O)(=O)c2ccc(NC(=O)c3n[nH]c(C4CC4)c3Cl)cc2)C1. The molecule has 1 aromatic carbocycles. The van der Waals surface area contributed by atoms with E-state index >= 15 is 0 Å². The van der Waals surface area contributed by atoms with Gasteiger partial charge in [0.05, 0.1) is 15.6 Å². The van der Waals surface area contributed by atoms with Crippen LogP contribution in [0.15, 0.2) is 29.2 Å². The van der Waals surface area contributed by atoms with Crippen LogP contribution in [0.4, 0.5) is 10.5 Å². The lowest BCUT2D eigenvalue weighted by Gasteiger charge is -2.39. The number of nitrogens with one attached hydrogen (secondary N) is 2. The van der Waals surface area contributed by atoms with Crippen LogP contribution in [0.5, 0.6) is 0 Å². The van der Waals surface area contributed by atoms with Crippen molar-refractivity contribution < 1.29 is 22.7 Å². The zero-order valence-corrected chi connectivity index (χ0v) is 19.6. The van der Waals surface area contributed by atoms with Crippen molar-refractivity contribution in [1.82, 2.24) is 15.1 Å². The molecule has 2 aliphatic rings. The lowest BCUT2D eigenvalue weighted by Crippen LogP contribution is -2.57. The Morgan fingerprint density at radius 3 is 2.38 bits per heavy atom. The Labute approximate surface area is 191 Å². The van der Waals surface area contributed by atoms with Gasteiger partial charge in [0.1, 0.15) is 10.9 Å². The first kappa shape index (κ1) is 22.6. The first-order valence-corrected chi connectivity index (χ1v) is 12.2. The maximum atomic E-state index is 12.8. The van der Waals surface area contributed by atoms with E-state index in [1.807, 2.05) is 0 Å². The molecule has 1 saturated carbocycles. The summed E-state index contributed by atoms with van der Waals surface area (Å²) in [5.41, 5.74) is 0.673. The number of aromatic nitrogens is 2. The molecule has 11 heteroatoms. The number of ether oxygens (including phenoxy) is 1. The van der Waals surface area contributed by atoms with Gasteiger partial charge in [0.2, 0.25) is 0 Å². The first-order chi connectivity index (χ1) is 15.0. The van der Waals surface area contributed by atoms with E-state index in [1.54, 1.807) is 20.8 Å². The van der Waals surface area contributed by atoms with Gasteiger partial charge in [-0.2, -0.15) is 5.10 Å². The van der Waals surface area contributed by atoms with Crippen molar-refractivity contribution in [1.29, 1.82) is 0 Å². The molecule has 32 heavy (non-hydrogen) atoms. The fraction of sp³-hybridized carbons (Fsp3) is 0.476. The fourth-order valence-corrected chi connectivity index (χ4v) is 5.33. The first-order valence-electron chi connectivity index (χ1n) is 10.3. The number of carbonyl (C=O) groups is 2. The van der Waals surface area contributed by atoms with Crippen LogP contribution in [0.25, 0.3) is 0 Å². The van der Waals surface area contributed by atoms with E-state index in [2.05, 4.69) is 15.5 Å². The lowest BCUT2D eigenvalue weighted by atomic mass is 10.2. The molecule has 0 atom stereocenters. The van der Waals surface area contributed by atoms with Crippen molar-refractivity contribution in [3.63, 3.8) is 0 Å². The van der Waals surface area contributed by atoms with E-state index < -0.39 is 32.7 Å². The molecule has 0 spiro atoms. The van der Waals surface area contributed by atoms with Gasteiger partial charge in [-0.1, -0.05) is 11.6 Å². The molecule has 0 bridgehead atoms. The summed E-state index contributed by atoms with van der Waals surface area (Å²) in [5.74, 6) is -0.139. The molecule has 1 aromatic heterocycles.